The van der Waals surface area contributed by atoms with Gasteiger partial charge in [0.15, 0.2) is 5.58 Å². The number of rotatable bonds is 5. The van der Waals surface area contributed by atoms with Gasteiger partial charge in [0.05, 0.1) is 12.2 Å². The van der Waals surface area contributed by atoms with Gasteiger partial charge in [-0.25, -0.2) is 18.7 Å². The van der Waals surface area contributed by atoms with Gasteiger partial charge in [-0.2, -0.15) is 0 Å². The summed E-state index contributed by atoms with van der Waals surface area (Å²) < 4.78 is 38.7. The molecular formula is C25H22F2N4O4. The molecule has 35 heavy (non-hydrogen) atoms. The molecule has 8 nitrogen and oxygen atoms in total. The number of fused-ring (bicyclic) bond motifs is 2. The molecule has 6 rings (SSSR count). The van der Waals surface area contributed by atoms with E-state index in [1.807, 2.05) is 0 Å². The molecule has 0 radical (unpaired) electrons. The van der Waals surface area contributed by atoms with Crippen molar-refractivity contribution in [3.05, 3.63) is 47.9 Å². The van der Waals surface area contributed by atoms with Gasteiger partial charge in [0.25, 0.3) is 6.43 Å². The number of hydrogen-bond acceptors (Lipinski definition) is 7. The fourth-order valence-corrected chi connectivity index (χ4v) is 4.48. The Morgan fingerprint density at radius 3 is 2.77 bits per heavy atom. The molecule has 180 valence electrons. The van der Waals surface area contributed by atoms with Crippen LogP contribution in [0.2, 0.25) is 0 Å². The number of aromatic nitrogens is 3. The van der Waals surface area contributed by atoms with Crippen LogP contribution < -0.4 is 5.32 Å². The first-order chi connectivity index (χ1) is 16.9. The zero-order chi connectivity index (χ0) is 24.2. The Morgan fingerprint density at radius 2 is 2.03 bits per heavy atom. The minimum absolute atomic E-state index is 0.0309. The van der Waals surface area contributed by atoms with Crippen molar-refractivity contribution in [3.63, 3.8) is 0 Å². The van der Waals surface area contributed by atoms with Crippen molar-refractivity contribution in [3.8, 4) is 11.5 Å². The van der Waals surface area contributed by atoms with Gasteiger partial charge in [-0.1, -0.05) is 6.07 Å². The Labute approximate surface area is 198 Å². The lowest BCUT2D eigenvalue weighted by Crippen LogP contribution is -2.35. The first-order valence-corrected chi connectivity index (χ1v) is 11.5. The second-order valence-electron chi connectivity index (χ2n) is 9.13. The topological polar surface area (TPSA) is 110 Å². The maximum absolute atomic E-state index is 13.6. The summed E-state index contributed by atoms with van der Waals surface area (Å²) in [4.78, 5) is 24.9. The number of halogens is 2. The standard InChI is InChI=1S/C25H22F2N4O4/c26-22(27)21-16-10-28-20(31-23(32)13-2-3-13)9-15(16)17(11-29-21)24-30-18-8-14(4-5-19(18)35-24)25(33)6-1-7-34-12-25/h4-5,8-11,13,22,33H,1-3,6-7,12H2,(H,28,31,32). The Morgan fingerprint density at radius 1 is 1.17 bits per heavy atom. The van der Waals surface area contributed by atoms with Crippen LogP contribution in [-0.2, 0) is 15.1 Å². The molecule has 1 amide bonds. The first kappa shape index (κ1) is 22.0. The number of nitrogens with zero attached hydrogens (tertiary/aromatic N) is 3. The molecule has 2 fully saturated rings. The van der Waals surface area contributed by atoms with Crippen LogP contribution in [0, 0.1) is 5.92 Å². The van der Waals surface area contributed by atoms with E-state index in [9.17, 15) is 18.7 Å². The number of hydrogen-bond donors (Lipinski definition) is 2. The second-order valence-corrected chi connectivity index (χ2v) is 9.13. The number of carbonyl (C=O) groups excluding carboxylic acids is 1. The van der Waals surface area contributed by atoms with E-state index < -0.39 is 17.7 Å². The van der Waals surface area contributed by atoms with E-state index in [2.05, 4.69) is 20.3 Å². The Hall–Kier alpha value is -3.50. The van der Waals surface area contributed by atoms with E-state index in [4.69, 9.17) is 9.15 Å². The molecule has 3 aromatic heterocycles. The average molecular weight is 480 g/mol. The van der Waals surface area contributed by atoms with Gasteiger partial charge >= 0.3 is 0 Å². The Kier molecular flexibility index (Phi) is 5.23. The maximum Gasteiger partial charge on any atom is 0.281 e. The number of pyridine rings is 2. The number of nitrogens with one attached hydrogen (secondary N) is 1. The van der Waals surface area contributed by atoms with Crippen molar-refractivity contribution in [1.29, 1.82) is 0 Å². The minimum Gasteiger partial charge on any atom is -0.436 e. The summed E-state index contributed by atoms with van der Waals surface area (Å²) in [5.74, 6) is 0.283. The summed E-state index contributed by atoms with van der Waals surface area (Å²) in [6, 6.07) is 6.79. The smallest absolute Gasteiger partial charge is 0.281 e. The van der Waals surface area contributed by atoms with Crippen molar-refractivity contribution in [2.45, 2.75) is 37.7 Å². The second kappa shape index (κ2) is 8.31. The molecule has 1 aliphatic heterocycles. The molecule has 0 spiro atoms. The zero-order valence-electron chi connectivity index (χ0n) is 18.6. The number of anilines is 1. The lowest BCUT2D eigenvalue weighted by molar-refractivity contribution is -0.117. The molecule has 1 saturated heterocycles. The largest absolute Gasteiger partial charge is 0.436 e. The summed E-state index contributed by atoms with van der Waals surface area (Å²) in [7, 11) is 0. The SMILES string of the molecule is O=C(Nc1cc2c(-c3nc4cc(C5(O)CCCOC5)ccc4o3)cnc(C(F)F)c2cn1)C1CC1. The third-order valence-corrected chi connectivity index (χ3v) is 6.58. The molecule has 1 aliphatic carbocycles. The summed E-state index contributed by atoms with van der Waals surface area (Å²) in [5, 5.41) is 14.3. The van der Waals surface area contributed by atoms with Crippen molar-refractivity contribution in [2.75, 3.05) is 18.5 Å². The van der Waals surface area contributed by atoms with Crippen LogP contribution in [0.1, 0.15) is 43.4 Å². The highest BCUT2D eigenvalue weighted by atomic mass is 19.3. The lowest BCUT2D eigenvalue weighted by atomic mass is 9.88. The van der Waals surface area contributed by atoms with Gasteiger partial charge < -0.3 is 19.6 Å². The number of alkyl halides is 2. The summed E-state index contributed by atoms with van der Waals surface area (Å²) in [5.41, 5.74) is 0.555. The van der Waals surface area contributed by atoms with Gasteiger partial charge in [0.1, 0.15) is 22.6 Å². The van der Waals surface area contributed by atoms with Crippen molar-refractivity contribution < 1.29 is 27.8 Å². The predicted octanol–water partition coefficient (Wildman–Crippen LogP) is 4.72. The Bertz CT molecular complexity index is 1440. The van der Waals surface area contributed by atoms with Crippen LogP contribution in [0.3, 0.4) is 0 Å². The number of oxazole rings is 1. The van der Waals surface area contributed by atoms with Gasteiger partial charge in [-0.3, -0.25) is 9.78 Å². The fourth-order valence-electron chi connectivity index (χ4n) is 4.48. The first-order valence-electron chi connectivity index (χ1n) is 11.5. The molecule has 4 heterocycles. The summed E-state index contributed by atoms with van der Waals surface area (Å²) >= 11 is 0. The van der Waals surface area contributed by atoms with Crippen LogP contribution >= 0.6 is 0 Å². The molecule has 1 saturated carbocycles. The quantitative estimate of drug-likeness (QED) is 0.425. The fraction of sp³-hybridized carbons (Fsp3) is 0.360. The van der Waals surface area contributed by atoms with Gasteiger partial charge in [-0.15, -0.1) is 0 Å². The normalized spacial score (nSPS) is 20.6. The molecule has 4 aromatic rings. The number of benzene rings is 1. The number of ether oxygens (including phenoxy) is 1. The van der Waals surface area contributed by atoms with E-state index in [-0.39, 0.29) is 35.5 Å². The molecule has 0 bridgehead atoms. The van der Waals surface area contributed by atoms with Crippen LogP contribution in [0.25, 0.3) is 33.3 Å². The van der Waals surface area contributed by atoms with Gasteiger partial charge in [0.2, 0.25) is 11.8 Å². The van der Waals surface area contributed by atoms with Crippen molar-refractivity contribution in [2.24, 2.45) is 5.92 Å². The lowest BCUT2D eigenvalue weighted by Gasteiger charge is -2.32. The molecule has 1 atom stereocenters. The molecule has 1 unspecified atom stereocenters. The van der Waals surface area contributed by atoms with E-state index >= 15 is 0 Å². The molecular weight excluding hydrogens is 458 g/mol. The third-order valence-electron chi connectivity index (χ3n) is 6.58. The number of carbonyl (C=O) groups is 1. The van der Waals surface area contributed by atoms with Crippen molar-refractivity contribution in [1.82, 2.24) is 15.0 Å². The highest BCUT2D eigenvalue weighted by molar-refractivity contribution is 6.00. The predicted molar refractivity (Wildman–Crippen MR) is 123 cm³/mol. The third kappa shape index (κ3) is 4.02. The molecule has 2 N–H and O–H groups in total. The van der Waals surface area contributed by atoms with Gasteiger partial charge in [0, 0.05) is 35.7 Å². The van der Waals surface area contributed by atoms with E-state index in [1.165, 1.54) is 12.4 Å². The molecule has 1 aromatic carbocycles. The molecule has 2 aliphatic rings. The Balaban J connectivity index is 1.44. The van der Waals surface area contributed by atoms with Crippen LogP contribution in [-0.4, -0.2) is 39.2 Å². The number of amides is 1. The average Bonchev–Trinajstić information content (AvgIpc) is 3.62. The maximum atomic E-state index is 13.6. The van der Waals surface area contributed by atoms with E-state index in [0.717, 1.165) is 19.3 Å². The van der Waals surface area contributed by atoms with Gasteiger partial charge in [-0.05, 0) is 49.4 Å². The van der Waals surface area contributed by atoms with Crippen LogP contribution in [0.4, 0.5) is 14.6 Å². The highest BCUT2D eigenvalue weighted by Crippen LogP contribution is 2.37. The zero-order valence-corrected chi connectivity index (χ0v) is 18.6. The summed E-state index contributed by atoms with van der Waals surface area (Å²) in [6.07, 6.45) is 2.77. The monoisotopic (exact) mass is 480 g/mol. The molecule has 10 heteroatoms. The number of aliphatic hydroxyl groups is 1. The van der Waals surface area contributed by atoms with E-state index in [1.54, 1.807) is 24.3 Å². The van der Waals surface area contributed by atoms with Crippen LogP contribution in [0.5, 0.6) is 0 Å². The minimum atomic E-state index is -2.80. The van der Waals surface area contributed by atoms with Crippen molar-refractivity contribution >= 4 is 33.6 Å². The summed E-state index contributed by atoms with van der Waals surface area (Å²) in [6.45, 7) is 0.820. The highest BCUT2D eigenvalue weighted by Gasteiger charge is 2.33. The van der Waals surface area contributed by atoms with E-state index in [0.29, 0.717) is 40.6 Å². The van der Waals surface area contributed by atoms with Crippen LogP contribution in [0.15, 0.2) is 41.1 Å².